The van der Waals surface area contributed by atoms with Gasteiger partial charge in [0.1, 0.15) is 12.4 Å². The summed E-state index contributed by atoms with van der Waals surface area (Å²) in [6.07, 6.45) is 0. The summed E-state index contributed by atoms with van der Waals surface area (Å²) in [7, 11) is 0. The van der Waals surface area contributed by atoms with Crippen LogP contribution in [-0.4, -0.2) is 0 Å². The van der Waals surface area contributed by atoms with Crippen LogP contribution in [0, 0.1) is 5.82 Å². The minimum Gasteiger partial charge on any atom is -0.206 e. The predicted octanol–water partition coefficient (Wildman–Crippen LogP) is 3.24. The van der Waals surface area contributed by atoms with Crippen molar-refractivity contribution >= 4 is 34.4 Å². The van der Waals surface area contributed by atoms with Crippen LogP contribution < -0.4 is 5.30 Å². The van der Waals surface area contributed by atoms with E-state index in [2.05, 4.69) is 0 Å². The maximum Gasteiger partial charge on any atom is 0.133 e. The van der Waals surface area contributed by atoms with Gasteiger partial charge in [0.15, 0.2) is 0 Å². The van der Waals surface area contributed by atoms with Gasteiger partial charge in [0, 0.05) is 5.30 Å². The Bertz CT molecular complexity index is 227. The molecule has 0 aromatic heterocycles. The molecule has 0 fully saturated rings. The minimum atomic E-state index is -1.35. The Hall–Kier alpha value is 0.160. The molecule has 0 spiro atoms. The second-order valence-corrected chi connectivity index (χ2v) is 5.18. The first-order valence-electron chi connectivity index (χ1n) is 2.58. The SMILES string of the molecule is Fc1ccccc1P(Cl)Cl. The van der Waals surface area contributed by atoms with Crippen molar-refractivity contribution in [1.29, 1.82) is 0 Å². The average molecular weight is 197 g/mol. The van der Waals surface area contributed by atoms with Gasteiger partial charge in [0.25, 0.3) is 0 Å². The van der Waals surface area contributed by atoms with Gasteiger partial charge in [-0.15, -0.1) is 0 Å². The van der Waals surface area contributed by atoms with Gasteiger partial charge in [-0.25, -0.2) is 4.39 Å². The van der Waals surface area contributed by atoms with E-state index in [0.717, 1.165) is 0 Å². The van der Waals surface area contributed by atoms with Gasteiger partial charge in [0.05, 0.1) is 0 Å². The average Bonchev–Trinajstić information content (AvgIpc) is 1.88. The van der Waals surface area contributed by atoms with Crippen molar-refractivity contribution in [3.05, 3.63) is 30.1 Å². The van der Waals surface area contributed by atoms with Crippen molar-refractivity contribution in [3.63, 3.8) is 0 Å². The highest BCUT2D eigenvalue weighted by Crippen LogP contribution is 2.45. The first-order valence-corrected chi connectivity index (χ1v) is 5.73. The summed E-state index contributed by atoms with van der Waals surface area (Å²) in [6, 6.07) is 6.24. The molecule has 0 aliphatic carbocycles. The molecule has 0 atom stereocenters. The molecule has 0 bridgehead atoms. The molecule has 54 valence electrons. The molecular formula is C6H4Cl2FP. The van der Waals surface area contributed by atoms with E-state index in [4.69, 9.17) is 22.5 Å². The molecule has 0 unspecified atom stereocenters. The fraction of sp³-hybridized carbons (Fsp3) is 0. The normalized spacial score (nSPS) is 10.4. The zero-order valence-electron chi connectivity index (χ0n) is 4.89. The number of halogens is 3. The third-order valence-electron chi connectivity index (χ3n) is 1.03. The zero-order valence-corrected chi connectivity index (χ0v) is 7.30. The summed E-state index contributed by atoms with van der Waals surface area (Å²) in [5.74, 6) is -0.335. The topological polar surface area (TPSA) is 0 Å². The first-order chi connectivity index (χ1) is 4.72. The Morgan fingerprint density at radius 3 is 2.20 bits per heavy atom. The maximum atomic E-state index is 12.7. The second kappa shape index (κ2) is 3.52. The molecule has 0 saturated heterocycles. The third-order valence-corrected chi connectivity index (χ3v) is 2.85. The van der Waals surface area contributed by atoms with E-state index in [0.29, 0.717) is 5.30 Å². The van der Waals surface area contributed by atoms with E-state index in [1.807, 2.05) is 0 Å². The molecule has 1 aromatic carbocycles. The summed E-state index contributed by atoms with van der Waals surface area (Å²) in [4.78, 5) is 0. The molecule has 0 amide bonds. The van der Waals surface area contributed by atoms with Crippen LogP contribution in [0.3, 0.4) is 0 Å². The Kier molecular flexibility index (Phi) is 2.91. The lowest BCUT2D eigenvalue weighted by atomic mass is 10.3. The van der Waals surface area contributed by atoms with Gasteiger partial charge in [0.2, 0.25) is 0 Å². The van der Waals surface area contributed by atoms with E-state index in [1.54, 1.807) is 18.2 Å². The van der Waals surface area contributed by atoms with Crippen molar-refractivity contribution in [2.45, 2.75) is 0 Å². The molecule has 10 heavy (non-hydrogen) atoms. The van der Waals surface area contributed by atoms with Gasteiger partial charge in [-0.1, -0.05) is 34.6 Å². The number of hydrogen-bond donors (Lipinski definition) is 0. The lowest BCUT2D eigenvalue weighted by Crippen LogP contribution is -1.99. The quantitative estimate of drug-likeness (QED) is 0.606. The van der Waals surface area contributed by atoms with Gasteiger partial charge < -0.3 is 0 Å². The first kappa shape index (κ1) is 8.26. The number of hydrogen-bond acceptors (Lipinski definition) is 0. The minimum absolute atomic E-state index is 0.335. The molecule has 1 rings (SSSR count). The van der Waals surface area contributed by atoms with E-state index >= 15 is 0 Å². The molecular weight excluding hydrogens is 193 g/mol. The molecule has 0 saturated carbocycles. The van der Waals surface area contributed by atoms with Crippen molar-refractivity contribution in [2.75, 3.05) is 0 Å². The Morgan fingerprint density at radius 2 is 1.80 bits per heavy atom. The van der Waals surface area contributed by atoms with Crippen LogP contribution >= 0.6 is 29.1 Å². The van der Waals surface area contributed by atoms with Crippen molar-refractivity contribution in [2.24, 2.45) is 0 Å². The predicted molar refractivity (Wildman–Crippen MR) is 44.7 cm³/mol. The summed E-state index contributed by atoms with van der Waals surface area (Å²) in [5.41, 5.74) is 0. The van der Waals surface area contributed by atoms with Crippen molar-refractivity contribution in [1.82, 2.24) is 0 Å². The zero-order chi connectivity index (χ0) is 7.56. The van der Waals surface area contributed by atoms with Gasteiger partial charge >= 0.3 is 0 Å². The second-order valence-electron chi connectivity index (χ2n) is 1.68. The van der Waals surface area contributed by atoms with E-state index in [1.165, 1.54) is 6.07 Å². The summed E-state index contributed by atoms with van der Waals surface area (Å²) in [5, 5.41) is 0.390. The van der Waals surface area contributed by atoms with Crippen molar-refractivity contribution in [3.8, 4) is 0 Å². The van der Waals surface area contributed by atoms with Gasteiger partial charge in [-0.05, 0) is 12.1 Å². The van der Waals surface area contributed by atoms with E-state index < -0.39 is 6.63 Å². The largest absolute Gasteiger partial charge is 0.206 e. The standard InChI is InChI=1S/C6H4Cl2FP/c7-10(8)6-4-2-1-3-5(6)9/h1-4H. The summed E-state index contributed by atoms with van der Waals surface area (Å²) < 4.78 is 12.7. The fourth-order valence-electron chi connectivity index (χ4n) is 0.589. The number of rotatable bonds is 1. The van der Waals surface area contributed by atoms with Gasteiger partial charge in [-0.2, -0.15) is 0 Å². The van der Waals surface area contributed by atoms with Crippen LogP contribution in [0.25, 0.3) is 0 Å². The molecule has 1 aromatic rings. The molecule has 0 heterocycles. The molecule has 0 nitrogen and oxygen atoms in total. The molecule has 4 heteroatoms. The highest BCUT2D eigenvalue weighted by atomic mass is 35.9. The smallest absolute Gasteiger partial charge is 0.133 e. The van der Waals surface area contributed by atoms with Crippen LogP contribution in [0.5, 0.6) is 0 Å². The Morgan fingerprint density at radius 1 is 1.20 bits per heavy atom. The molecule has 0 aliphatic rings. The van der Waals surface area contributed by atoms with Crippen molar-refractivity contribution < 1.29 is 4.39 Å². The highest BCUT2D eigenvalue weighted by Gasteiger charge is 2.07. The monoisotopic (exact) mass is 196 g/mol. The van der Waals surface area contributed by atoms with Crippen LogP contribution in [0.4, 0.5) is 4.39 Å². The Balaban J connectivity index is 3.03. The van der Waals surface area contributed by atoms with Gasteiger partial charge in [-0.3, -0.25) is 0 Å². The maximum absolute atomic E-state index is 12.7. The molecule has 0 N–H and O–H groups in total. The van der Waals surface area contributed by atoms with Crippen LogP contribution in [-0.2, 0) is 0 Å². The van der Waals surface area contributed by atoms with Crippen LogP contribution in [0.2, 0.25) is 0 Å². The third kappa shape index (κ3) is 1.82. The molecule has 0 radical (unpaired) electrons. The lowest BCUT2D eigenvalue weighted by Gasteiger charge is -1.99. The van der Waals surface area contributed by atoms with Crippen LogP contribution in [0.15, 0.2) is 24.3 Å². The lowest BCUT2D eigenvalue weighted by molar-refractivity contribution is 0.636. The Labute approximate surface area is 69.3 Å². The fourth-order valence-corrected chi connectivity index (χ4v) is 1.85. The van der Waals surface area contributed by atoms with E-state index in [9.17, 15) is 4.39 Å². The number of benzene rings is 1. The molecule has 0 aliphatic heterocycles. The summed E-state index contributed by atoms with van der Waals surface area (Å²) >= 11 is 11.0. The van der Waals surface area contributed by atoms with Crippen LogP contribution in [0.1, 0.15) is 0 Å². The summed E-state index contributed by atoms with van der Waals surface area (Å²) in [6.45, 7) is -1.35. The highest BCUT2D eigenvalue weighted by molar-refractivity contribution is 8.08. The van der Waals surface area contributed by atoms with E-state index in [-0.39, 0.29) is 5.82 Å².